The lowest BCUT2D eigenvalue weighted by Crippen LogP contribution is -2.06. The van der Waals surface area contributed by atoms with Gasteiger partial charge in [0.15, 0.2) is 0 Å². The van der Waals surface area contributed by atoms with Crippen LogP contribution in [0.4, 0.5) is 0 Å². The first-order chi connectivity index (χ1) is 12.7. The minimum absolute atomic E-state index is 0.336. The van der Waals surface area contributed by atoms with E-state index >= 15 is 0 Å². The predicted octanol–water partition coefficient (Wildman–Crippen LogP) is 3.39. The summed E-state index contributed by atoms with van der Waals surface area (Å²) in [5, 5.41) is 0. The van der Waals surface area contributed by atoms with Gasteiger partial charge < -0.3 is 19.0 Å². The van der Waals surface area contributed by atoms with Crippen LogP contribution in [0.1, 0.15) is 17.3 Å². The Balaban J connectivity index is 1.97. The smallest absolute Gasteiger partial charge is 0.343 e. The maximum Gasteiger partial charge on any atom is 0.343 e. The van der Waals surface area contributed by atoms with E-state index in [1.165, 1.54) is 14.2 Å². The van der Waals surface area contributed by atoms with Crippen molar-refractivity contribution in [3.8, 4) is 16.9 Å². The maximum atomic E-state index is 12.2. The molecular weight excluding hydrogens is 332 g/mol. The third-order valence-corrected chi connectivity index (χ3v) is 4.55. The Morgan fingerprint density at radius 2 is 2.08 bits per heavy atom. The van der Waals surface area contributed by atoms with Crippen molar-refractivity contribution >= 4 is 28.0 Å². The van der Waals surface area contributed by atoms with Crippen molar-refractivity contribution in [3.63, 3.8) is 0 Å². The van der Waals surface area contributed by atoms with E-state index in [4.69, 9.17) is 9.47 Å². The number of aryl methyl sites for hydroxylation is 1. The summed E-state index contributed by atoms with van der Waals surface area (Å²) in [4.78, 5) is 24.1. The second-order valence-electron chi connectivity index (χ2n) is 5.85. The molecule has 26 heavy (non-hydrogen) atoms. The average molecular weight is 350 g/mol. The number of ether oxygens (including phenoxy) is 2. The number of aromatic nitrogens is 4. The van der Waals surface area contributed by atoms with E-state index in [0.717, 1.165) is 28.7 Å². The Morgan fingerprint density at radius 1 is 1.23 bits per heavy atom. The molecule has 132 valence electrons. The Kier molecular flexibility index (Phi) is 3.84. The van der Waals surface area contributed by atoms with Gasteiger partial charge in [-0.15, -0.1) is 0 Å². The molecule has 0 fully saturated rings. The average Bonchev–Trinajstić information content (AvgIpc) is 3.32. The maximum absolute atomic E-state index is 12.2. The fourth-order valence-electron chi connectivity index (χ4n) is 3.25. The molecule has 0 amide bonds. The van der Waals surface area contributed by atoms with Gasteiger partial charge in [-0.1, -0.05) is 6.07 Å². The lowest BCUT2D eigenvalue weighted by molar-refractivity contribution is 0.0599. The minimum atomic E-state index is -0.472. The highest BCUT2D eigenvalue weighted by Gasteiger charge is 2.22. The van der Waals surface area contributed by atoms with Gasteiger partial charge in [0.05, 0.1) is 48.9 Å². The van der Waals surface area contributed by atoms with E-state index < -0.39 is 5.97 Å². The zero-order valence-electron chi connectivity index (χ0n) is 14.7. The number of esters is 1. The SMILES string of the molecule is CCn1cnc2cc(-c3cc(OC)c(C(=O)OC)c4[nH]cnc34)ccc21. The summed E-state index contributed by atoms with van der Waals surface area (Å²) in [5.74, 6) is -0.0393. The number of imidazole rings is 2. The van der Waals surface area contributed by atoms with Gasteiger partial charge in [-0.2, -0.15) is 0 Å². The molecule has 0 aliphatic carbocycles. The third kappa shape index (κ3) is 2.32. The highest BCUT2D eigenvalue weighted by molar-refractivity contribution is 6.09. The molecule has 0 unspecified atom stereocenters. The lowest BCUT2D eigenvalue weighted by atomic mass is 10.00. The van der Waals surface area contributed by atoms with E-state index in [-0.39, 0.29) is 0 Å². The third-order valence-electron chi connectivity index (χ3n) is 4.55. The van der Waals surface area contributed by atoms with Gasteiger partial charge in [0.25, 0.3) is 0 Å². The summed E-state index contributed by atoms with van der Waals surface area (Å²) in [6.07, 6.45) is 3.39. The molecule has 7 heteroatoms. The van der Waals surface area contributed by atoms with Crippen molar-refractivity contribution in [2.75, 3.05) is 14.2 Å². The molecule has 7 nitrogen and oxygen atoms in total. The van der Waals surface area contributed by atoms with Crippen LogP contribution in [0.25, 0.3) is 33.2 Å². The molecule has 4 aromatic rings. The Morgan fingerprint density at radius 3 is 2.81 bits per heavy atom. The standard InChI is InChI=1S/C19H18N4O3/c1-4-23-10-22-13-7-11(5-6-14(13)23)12-8-15(25-2)16(19(24)26-3)18-17(12)20-9-21-18/h5-10H,4H2,1-3H3,(H,20,21). The number of fused-ring (bicyclic) bond motifs is 2. The Labute approximate surface area is 149 Å². The molecule has 2 heterocycles. The topological polar surface area (TPSA) is 82.0 Å². The second kappa shape index (κ2) is 6.18. The van der Waals surface area contributed by atoms with Crippen LogP contribution in [0.5, 0.6) is 5.75 Å². The van der Waals surface area contributed by atoms with Crippen molar-refractivity contribution in [3.05, 3.63) is 42.5 Å². The molecule has 0 spiro atoms. The summed E-state index contributed by atoms with van der Waals surface area (Å²) >= 11 is 0. The van der Waals surface area contributed by atoms with E-state index in [0.29, 0.717) is 22.3 Å². The highest BCUT2D eigenvalue weighted by atomic mass is 16.5. The van der Waals surface area contributed by atoms with Crippen LogP contribution in [-0.4, -0.2) is 39.7 Å². The molecule has 0 aliphatic heterocycles. The zero-order valence-corrected chi connectivity index (χ0v) is 14.7. The number of H-pyrrole nitrogens is 1. The van der Waals surface area contributed by atoms with Crippen LogP contribution in [0.15, 0.2) is 36.9 Å². The molecule has 2 aromatic heterocycles. The number of carbonyl (C=O) groups excluding carboxylic acids is 1. The fourth-order valence-corrected chi connectivity index (χ4v) is 3.25. The molecule has 0 saturated heterocycles. The predicted molar refractivity (Wildman–Crippen MR) is 98.4 cm³/mol. The Bertz CT molecular complexity index is 1130. The number of nitrogens with one attached hydrogen (secondary N) is 1. The molecule has 1 N–H and O–H groups in total. The number of methoxy groups -OCH3 is 2. The molecule has 0 atom stereocenters. The second-order valence-corrected chi connectivity index (χ2v) is 5.85. The summed E-state index contributed by atoms with van der Waals surface area (Å²) in [6, 6.07) is 7.90. The van der Waals surface area contributed by atoms with Gasteiger partial charge in [0.2, 0.25) is 0 Å². The van der Waals surface area contributed by atoms with Gasteiger partial charge >= 0.3 is 5.97 Å². The summed E-state index contributed by atoms with van der Waals surface area (Å²) < 4.78 is 12.4. The quantitative estimate of drug-likeness (QED) is 0.571. The lowest BCUT2D eigenvalue weighted by Gasteiger charge is -2.12. The van der Waals surface area contributed by atoms with E-state index in [1.807, 2.05) is 30.6 Å². The monoisotopic (exact) mass is 350 g/mol. The van der Waals surface area contributed by atoms with E-state index in [1.54, 1.807) is 6.33 Å². The van der Waals surface area contributed by atoms with Gasteiger partial charge in [-0.05, 0) is 30.7 Å². The van der Waals surface area contributed by atoms with Crippen LogP contribution in [0, 0.1) is 0 Å². The Hall–Kier alpha value is -3.35. The molecule has 0 saturated carbocycles. The van der Waals surface area contributed by atoms with Crippen LogP contribution in [0.3, 0.4) is 0 Å². The van der Waals surface area contributed by atoms with Crippen molar-refractivity contribution in [2.24, 2.45) is 0 Å². The number of hydrogen-bond acceptors (Lipinski definition) is 5. The van der Waals surface area contributed by atoms with Crippen molar-refractivity contribution in [1.82, 2.24) is 19.5 Å². The molecule has 0 aliphatic rings. The van der Waals surface area contributed by atoms with Crippen LogP contribution < -0.4 is 4.74 Å². The number of rotatable bonds is 4. The molecule has 4 rings (SSSR count). The van der Waals surface area contributed by atoms with E-state index in [9.17, 15) is 4.79 Å². The number of carbonyl (C=O) groups is 1. The summed E-state index contributed by atoms with van der Waals surface area (Å²) in [5.41, 5.74) is 5.40. The first-order valence-electron chi connectivity index (χ1n) is 8.25. The molecular formula is C19H18N4O3. The van der Waals surface area contributed by atoms with Gasteiger partial charge in [-0.25, -0.2) is 14.8 Å². The van der Waals surface area contributed by atoms with Gasteiger partial charge in [0.1, 0.15) is 11.3 Å². The van der Waals surface area contributed by atoms with Gasteiger partial charge in [-0.3, -0.25) is 0 Å². The molecule has 2 aromatic carbocycles. The molecule has 0 radical (unpaired) electrons. The highest BCUT2D eigenvalue weighted by Crippen LogP contribution is 2.36. The minimum Gasteiger partial charge on any atom is -0.496 e. The fraction of sp³-hybridized carbons (Fsp3) is 0.211. The van der Waals surface area contributed by atoms with Crippen LogP contribution in [-0.2, 0) is 11.3 Å². The van der Waals surface area contributed by atoms with Crippen LogP contribution >= 0.6 is 0 Å². The van der Waals surface area contributed by atoms with Crippen molar-refractivity contribution in [2.45, 2.75) is 13.5 Å². The summed E-state index contributed by atoms with van der Waals surface area (Å²) in [6.45, 7) is 2.94. The largest absolute Gasteiger partial charge is 0.496 e. The van der Waals surface area contributed by atoms with E-state index in [2.05, 4.69) is 26.4 Å². The van der Waals surface area contributed by atoms with Crippen molar-refractivity contribution in [1.29, 1.82) is 0 Å². The number of hydrogen-bond donors (Lipinski definition) is 1. The number of nitrogens with zero attached hydrogens (tertiary/aromatic N) is 3. The zero-order chi connectivity index (χ0) is 18.3. The van der Waals surface area contributed by atoms with Gasteiger partial charge in [0, 0.05) is 12.1 Å². The molecule has 0 bridgehead atoms. The number of benzene rings is 2. The summed E-state index contributed by atoms with van der Waals surface area (Å²) in [7, 11) is 2.87. The normalized spacial score (nSPS) is 11.2. The van der Waals surface area contributed by atoms with Crippen LogP contribution in [0.2, 0.25) is 0 Å². The first-order valence-corrected chi connectivity index (χ1v) is 8.25. The number of aromatic amines is 1. The van der Waals surface area contributed by atoms with Crippen molar-refractivity contribution < 1.29 is 14.3 Å². The first kappa shape index (κ1) is 16.1.